The minimum Gasteiger partial charge on any atom is -0.399 e. The summed E-state index contributed by atoms with van der Waals surface area (Å²) < 4.78 is 15.6. The molecule has 0 radical (unpaired) electrons. The fraction of sp³-hybridized carbons (Fsp3) is 0.462. The van der Waals surface area contributed by atoms with Gasteiger partial charge in [-0.15, -0.1) is 5.10 Å². The predicted octanol–water partition coefficient (Wildman–Crippen LogP) is 2.42. The van der Waals surface area contributed by atoms with Gasteiger partial charge in [-0.25, -0.2) is 9.07 Å². The molecule has 1 aliphatic rings. The van der Waals surface area contributed by atoms with Crippen molar-refractivity contribution >= 4 is 5.69 Å². The minimum atomic E-state index is -0.394. The number of rotatable bonds is 4. The van der Waals surface area contributed by atoms with Gasteiger partial charge in [-0.1, -0.05) is 12.8 Å². The highest BCUT2D eigenvalue weighted by atomic mass is 19.1. The maximum Gasteiger partial charge on any atom is 0.185 e. The Morgan fingerprint density at radius 1 is 1.47 bits per heavy atom. The summed E-state index contributed by atoms with van der Waals surface area (Å²) in [6.07, 6.45) is 3.59. The quantitative estimate of drug-likeness (QED) is 0.858. The highest BCUT2D eigenvalue weighted by Crippen LogP contribution is 2.37. The molecule has 1 unspecified atom stereocenters. The maximum absolute atomic E-state index is 13.9. The minimum absolute atomic E-state index is 0.175. The molecule has 0 bridgehead atoms. The van der Waals surface area contributed by atoms with Crippen LogP contribution in [0.15, 0.2) is 18.2 Å². The van der Waals surface area contributed by atoms with E-state index >= 15 is 0 Å². The fourth-order valence-corrected chi connectivity index (χ4v) is 2.32. The van der Waals surface area contributed by atoms with Crippen molar-refractivity contribution in [3.05, 3.63) is 24.0 Å². The summed E-state index contributed by atoms with van der Waals surface area (Å²) in [4.78, 5) is 0. The topological polar surface area (TPSA) is 69.6 Å². The number of anilines is 1. The number of hydrogen-bond acceptors (Lipinski definition) is 4. The normalized spacial score (nSPS) is 16.5. The van der Waals surface area contributed by atoms with E-state index in [0.29, 0.717) is 17.1 Å². The number of tetrazole rings is 1. The molecule has 1 atom stereocenters. The molecule has 0 aliphatic heterocycles. The largest absolute Gasteiger partial charge is 0.399 e. The summed E-state index contributed by atoms with van der Waals surface area (Å²) in [6.45, 7) is 2.06. The van der Waals surface area contributed by atoms with Gasteiger partial charge in [0.25, 0.3) is 0 Å². The van der Waals surface area contributed by atoms with Gasteiger partial charge < -0.3 is 5.73 Å². The molecule has 5 nitrogen and oxygen atoms in total. The number of nitrogens with two attached hydrogens (primary N) is 1. The van der Waals surface area contributed by atoms with Crippen LogP contribution >= 0.6 is 0 Å². The lowest BCUT2D eigenvalue weighted by molar-refractivity contribution is 0.429. The fourth-order valence-electron chi connectivity index (χ4n) is 2.32. The molecule has 2 N–H and O–H groups in total. The zero-order chi connectivity index (χ0) is 13.4. The van der Waals surface area contributed by atoms with Crippen molar-refractivity contribution in [2.75, 3.05) is 5.73 Å². The second-order valence-corrected chi connectivity index (χ2v) is 5.21. The van der Waals surface area contributed by atoms with Crippen molar-refractivity contribution in [3.8, 4) is 11.4 Å². The first-order chi connectivity index (χ1) is 9.15. The summed E-state index contributed by atoms with van der Waals surface area (Å²) in [7, 11) is 0. The first kappa shape index (κ1) is 12.1. The Morgan fingerprint density at radius 2 is 2.26 bits per heavy atom. The van der Waals surface area contributed by atoms with Crippen molar-refractivity contribution in [2.45, 2.75) is 32.2 Å². The van der Waals surface area contributed by atoms with Gasteiger partial charge in [0.15, 0.2) is 5.82 Å². The lowest BCUT2D eigenvalue weighted by atomic mass is 10.1. The first-order valence-electron chi connectivity index (χ1n) is 6.48. The van der Waals surface area contributed by atoms with Crippen LogP contribution in [-0.4, -0.2) is 20.2 Å². The van der Waals surface area contributed by atoms with Crippen LogP contribution in [0.2, 0.25) is 0 Å². The molecule has 1 fully saturated rings. The SMILES string of the molecule is CC(CC1CC1)n1nnnc1-c1ccc(N)cc1F. The van der Waals surface area contributed by atoms with E-state index in [0.717, 1.165) is 12.3 Å². The monoisotopic (exact) mass is 261 g/mol. The van der Waals surface area contributed by atoms with Gasteiger partial charge >= 0.3 is 0 Å². The zero-order valence-corrected chi connectivity index (χ0v) is 10.8. The van der Waals surface area contributed by atoms with E-state index in [4.69, 9.17) is 5.73 Å². The third kappa shape index (κ3) is 2.43. The number of halogens is 1. The van der Waals surface area contributed by atoms with E-state index in [1.165, 1.54) is 18.9 Å². The van der Waals surface area contributed by atoms with Crippen LogP contribution in [0, 0.1) is 11.7 Å². The van der Waals surface area contributed by atoms with E-state index in [-0.39, 0.29) is 6.04 Å². The highest BCUT2D eigenvalue weighted by molar-refractivity contribution is 5.59. The van der Waals surface area contributed by atoms with Gasteiger partial charge in [-0.3, -0.25) is 0 Å². The van der Waals surface area contributed by atoms with Gasteiger partial charge in [-0.05, 0) is 47.9 Å². The van der Waals surface area contributed by atoms with Crippen molar-refractivity contribution in [1.82, 2.24) is 20.2 Å². The average molecular weight is 261 g/mol. The van der Waals surface area contributed by atoms with Crippen LogP contribution in [0.25, 0.3) is 11.4 Å². The lowest BCUT2D eigenvalue weighted by Gasteiger charge is -2.13. The van der Waals surface area contributed by atoms with Crippen LogP contribution in [-0.2, 0) is 0 Å². The van der Waals surface area contributed by atoms with Crippen LogP contribution in [0.3, 0.4) is 0 Å². The first-order valence-corrected chi connectivity index (χ1v) is 6.48. The van der Waals surface area contributed by atoms with Crippen LogP contribution < -0.4 is 5.73 Å². The van der Waals surface area contributed by atoms with Crippen molar-refractivity contribution in [1.29, 1.82) is 0 Å². The molecule has 6 heteroatoms. The van der Waals surface area contributed by atoms with Gasteiger partial charge in [0, 0.05) is 5.69 Å². The molecule has 2 aromatic rings. The van der Waals surface area contributed by atoms with Crippen molar-refractivity contribution < 1.29 is 4.39 Å². The molecule has 19 heavy (non-hydrogen) atoms. The van der Waals surface area contributed by atoms with E-state index < -0.39 is 5.82 Å². The highest BCUT2D eigenvalue weighted by Gasteiger charge is 2.26. The Bertz CT molecular complexity index is 590. The summed E-state index contributed by atoms with van der Waals surface area (Å²) >= 11 is 0. The Kier molecular flexibility index (Phi) is 2.93. The van der Waals surface area contributed by atoms with E-state index in [9.17, 15) is 4.39 Å². The summed E-state index contributed by atoms with van der Waals surface area (Å²) in [6, 6.07) is 4.74. The van der Waals surface area contributed by atoms with Crippen molar-refractivity contribution in [2.24, 2.45) is 5.92 Å². The van der Waals surface area contributed by atoms with E-state index in [2.05, 4.69) is 22.4 Å². The van der Waals surface area contributed by atoms with Gasteiger partial charge in [0.2, 0.25) is 0 Å². The molecule has 1 heterocycles. The number of hydrogen-bond donors (Lipinski definition) is 1. The predicted molar refractivity (Wildman–Crippen MR) is 69.7 cm³/mol. The second kappa shape index (κ2) is 4.60. The molecule has 0 saturated heterocycles. The van der Waals surface area contributed by atoms with Gasteiger partial charge in [0.1, 0.15) is 5.82 Å². The Morgan fingerprint density at radius 3 is 2.95 bits per heavy atom. The number of benzene rings is 1. The molecule has 1 aromatic heterocycles. The molecule has 0 spiro atoms. The smallest absolute Gasteiger partial charge is 0.185 e. The van der Waals surface area contributed by atoms with Gasteiger partial charge in [-0.2, -0.15) is 0 Å². The maximum atomic E-state index is 13.9. The summed E-state index contributed by atoms with van der Waals surface area (Å²) in [5, 5.41) is 11.6. The third-order valence-electron chi connectivity index (χ3n) is 3.52. The van der Waals surface area contributed by atoms with E-state index in [1.807, 2.05) is 0 Å². The van der Waals surface area contributed by atoms with Gasteiger partial charge in [0.05, 0.1) is 11.6 Å². The molecular formula is C13H16FN5. The molecule has 1 aliphatic carbocycles. The van der Waals surface area contributed by atoms with Crippen LogP contribution in [0.5, 0.6) is 0 Å². The Hall–Kier alpha value is -1.98. The summed E-state index contributed by atoms with van der Waals surface area (Å²) in [5.74, 6) is 0.837. The van der Waals surface area contributed by atoms with E-state index in [1.54, 1.807) is 16.8 Å². The van der Waals surface area contributed by atoms with Crippen LogP contribution in [0.1, 0.15) is 32.2 Å². The Labute approximate surface area is 110 Å². The third-order valence-corrected chi connectivity index (χ3v) is 3.52. The standard InChI is InChI=1S/C13H16FN5/c1-8(6-9-2-3-9)19-13(16-17-18-19)11-5-4-10(15)7-12(11)14/h4-5,7-9H,2-3,6,15H2,1H3. The molecular weight excluding hydrogens is 245 g/mol. The molecule has 100 valence electrons. The number of aromatic nitrogens is 4. The Balaban J connectivity index is 1.93. The van der Waals surface area contributed by atoms with Crippen molar-refractivity contribution in [3.63, 3.8) is 0 Å². The zero-order valence-electron chi connectivity index (χ0n) is 10.8. The molecule has 1 saturated carbocycles. The number of nitrogen functional groups attached to an aromatic ring is 1. The molecule has 3 rings (SSSR count). The molecule has 1 aromatic carbocycles. The summed E-state index contributed by atoms with van der Waals surface area (Å²) in [5.41, 5.74) is 6.34. The lowest BCUT2D eigenvalue weighted by Crippen LogP contribution is -2.10. The molecule has 0 amide bonds. The second-order valence-electron chi connectivity index (χ2n) is 5.21. The average Bonchev–Trinajstić information content (AvgIpc) is 3.04. The van der Waals surface area contributed by atoms with Crippen LogP contribution in [0.4, 0.5) is 10.1 Å². The number of nitrogens with zero attached hydrogens (tertiary/aromatic N) is 4.